The molecule has 5 nitrogen and oxygen atoms in total. The molecule has 0 radical (unpaired) electrons. The maximum atomic E-state index is 13.4. The Morgan fingerprint density at radius 2 is 1.77 bits per heavy atom. The van der Waals surface area contributed by atoms with Crippen molar-refractivity contribution in [3.63, 3.8) is 0 Å². The lowest BCUT2D eigenvalue weighted by molar-refractivity contribution is -0.213. The summed E-state index contributed by atoms with van der Waals surface area (Å²) in [6.45, 7) is 14.8. The monoisotopic (exact) mass is 490 g/mol. The molecule has 0 amide bonds. The predicted molar refractivity (Wildman–Crippen MR) is 136 cm³/mol. The molecule has 0 aromatic heterocycles. The van der Waals surface area contributed by atoms with E-state index in [9.17, 15) is 19.8 Å². The fourth-order valence-electron chi connectivity index (χ4n) is 9.53. The molecule has 4 saturated carbocycles. The second kappa shape index (κ2) is 9.11. The lowest BCUT2D eigenvalue weighted by Gasteiger charge is -2.63. The van der Waals surface area contributed by atoms with Crippen molar-refractivity contribution in [1.82, 2.24) is 0 Å². The van der Waals surface area contributed by atoms with E-state index >= 15 is 0 Å². The summed E-state index contributed by atoms with van der Waals surface area (Å²) in [5, 5.41) is 21.8. The Kier molecular flexibility index (Phi) is 7.06. The van der Waals surface area contributed by atoms with Gasteiger partial charge in [0.1, 0.15) is 11.2 Å². The van der Waals surface area contributed by atoms with Crippen LogP contribution < -0.4 is 0 Å². The normalized spacial score (nSPS) is 45.2. The molecule has 2 N–H and O–H groups in total. The van der Waals surface area contributed by atoms with Crippen molar-refractivity contribution in [2.45, 2.75) is 130 Å². The van der Waals surface area contributed by atoms with E-state index in [1.165, 1.54) is 26.2 Å². The van der Waals surface area contributed by atoms with Crippen LogP contribution in [-0.4, -0.2) is 39.3 Å². The minimum Gasteiger partial charge on any atom is -0.460 e. The molecule has 0 spiro atoms. The Bertz CT molecular complexity index is 837. The number of carbonyl (C=O) groups is 2. The molecular weight excluding hydrogens is 440 g/mol. The summed E-state index contributed by atoms with van der Waals surface area (Å²) in [4.78, 5) is 24.9. The van der Waals surface area contributed by atoms with E-state index in [1.54, 1.807) is 0 Å². The Balaban J connectivity index is 1.47. The van der Waals surface area contributed by atoms with Crippen LogP contribution in [-0.2, 0) is 14.3 Å². The minimum absolute atomic E-state index is 0.0118. The van der Waals surface area contributed by atoms with Crippen LogP contribution >= 0.6 is 0 Å². The minimum atomic E-state index is -1.35. The van der Waals surface area contributed by atoms with Crippen molar-refractivity contribution in [3.05, 3.63) is 0 Å². The molecule has 10 atom stereocenters. The Labute approximate surface area is 212 Å². The quantitative estimate of drug-likeness (QED) is 0.467. The van der Waals surface area contributed by atoms with Crippen LogP contribution in [0.15, 0.2) is 0 Å². The fraction of sp³-hybridized carbons (Fsp3) is 0.933. The molecule has 4 aliphatic rings. The molecule has 0 heterocycles. The number of rotatable bonds is 6. The van der Waals surface area contributed by atoms with Crippen LogP contribution in [0.25, 0.3) is 0 Å². The van der Waals surface area contributed by atoms with Crippen molar-refractivity contribution >= 4 is 11.8 Å². The van der Waals surface area contributed by atoms with Gasteiger partial charge in [0.15, 0.2) is 5.78 Å². The second-order valence-electron chi connectivity index (χ2n) is 14.1. The molecule has 4 aliphatic carbocycles. The van der Waals surface area contributed by atoms with Crippen molar-refractivity contribution in [2.75, 3.05) is 0 Å². The summed E-state index contributed by atoms with van der Waals surface area (Å²) in [5.74, 6) is 2.58. The number of hydrogen-bond acceptors (Lipinski definition) is 5. The highest BCUT2D eigenvalue weighted by atomic mass is 16.6. The first kappa shape index (κ1) is 27.1. The number of ketones is 1. The van der Waals surface area contributed by atoms with E-state index in [0.29, 0.717) is 48.3 Å². The number of ether oxygens (including phenoxy) is 1. The highest BCUT2D eigenvalue weighted by molar-refractivity contribution is 5.89. The molecule has 4 fully saturated rings. The maximum Gasteiger partial charge on any atom is 0.303 e. The van der Waals surface area contributed by atoms with E-state index in [4.69, 9.17) is 4.74 Å². The van der Waals surface area contributed by atoms with Crippen LogP contribution in [0.5, 0.6) is 0 Å². The average molecular weight is 491 g/mol. The average Bonchev–Trinajstić information content (AvgIpc) is 3.10. The van der Waals surface area contributed by atoms with Crippen LogP contribution in [0.1, 0.15) is 113 Å². The zero-order chi connectivity index (χ0) is 26.0. The van der Waals surface area contributed by atoms with E-state index in [1.807, 2.05) is 13.8 Å². The first-order valence-corrected chi connectivity index (χ1v) is 14.3. The lowest BCUT2D eigenvalue weighted by atomic mass is 9.42. The Morgan fingerprint density at radius 3 is 2.43 bits per heavy atom. The van der Waals surface area contributed by atoms with Crippen LogP contribution in [0.4, 0.5) is 0 Å². The third kappa shape index (κ3) is 4.31. The van der Waals surface area contributed by atoms with Gasteiger partial charge in [-0.05, 0) is 99.7 Å². The van der Waals surface area contributed by atoms with E-state index < -0.39 is 22.7 Å². The smallest absolute Gasteiger partial charge is 0.303 e. The highest BCUT2D eigenvalue weighted by Crippen LogP contribution is 2.68. The number of fused-ring (bicyclic) bond motifs is 5. The number of hydrogen-bond donors (Lipinski definition) is 2. The van der Waals surface area contributed by atoms with Gasteiger partial charge in [-0.3, -0.25) is 9.59 Å². The van der Waals surface area contributed by atoms with Gasteiger partial charge in [0.2, 0.25) is 0 Å². The van der Waals surface area contributed by atoms with Crippen molar-refractivity contribution < 1.29 is 24.5 Å². The topological polar surface area (TPSA) is 83.8 Å². The summed E-state index contributed by atoms with van der Waals surface area (Å²) >= 11 is 0. The lowest BCUT2D eigenvalue weighted by Crippen LogP contribution is -2.67. The summed E-state index contributed by atoms with van der Waals surface area (Å²) in [7, 11) is 0. The molecule has 0 aliphatic heterocycles. The van der Waals surface area contributed by atoms with Gasteiger partial charge in [0.25, 0.3) is 0 Å². The number of Topliss-reactive ketones (excluding diaryl/α,β-unsaturated/α-hetero) is 1. The van der Waals surface area contributed by atoms with Crippen molar-refractivity contribution in [3.8, 4) is 0 Å². The molecule has 4 rings (SSSR count). The molecule has 3 unspecified atom stereocenters. The number of esters is 1. The van der Waals surface area contributed by atoms with Crippen molar-refractivity contribution in [2.24, 2.45) is 46.3 Å². The van der Waals surface area contributed by atoms with Crippen molar-refractivity contribution in [1.29, 1.82) is 0 Å². The summed E-state index contributed by atoms with van der Waals surface area (Å²) in [5.41, 5.74) is -1.96. The molecule has 0 bridgehead atoms. The maximum absolute atomic E-state index is 13.4. The third-order valence-corrected chi connectivity index (χ3v) is 12.0. The van der Waals surface area contributed by atoms with E-state index in [2.05, 4.69) is 27.7 Å². The van der Waals surface area contributed by atoms with Gasteiger partial charge in [-0.15, -0.1) is 0 Å². The number of aliphatic hydroxyl groups excluding tert-OH is 1. The van der Waals surface area contributed by atoms with Crippen LogP contribution in [0.3, 0.4) is 0 Å². The highest BCUT2D eigenvalue weighted by Gasteiger charge is 2.67. The molecule has 0 saturated heterocycles. The number of aliphatic hydroxyl groups is 2. The third-order valence-electron chi connectivity index (χ3n) is 12.0. The van der Waals surface area contributed by atoms with Gasteiger partial charge >= 0.3 is 5.97 Å². The fourth-order valence-corrected chi connectivity index (χ4v) is 9.53. The first-order valence-electron chi connectivity index (χ1n) is 14.3. The number of carbonyl (C=O) groups excluding carboxylic acids is 2. The van der Waals surface area contributed by atoms with Gasteiger partial charge in [-0.1, -0.05) is 34.1 Å². The van der Waals surface area contributed by atoms with E-state index in [0.717, 1.165) is 25.7 Å². The van der Waals surface area contributed by atoms with Gasteiger partial charge < -0.3 is 14.9 Å². The van der Waals surface area contributed by atoms with Crippen LogP contribution in [0, 0.1) is 46.3 Å². The Hall–Kier alpha value is -0.940. The largest absolute Gasteiger partial charge is 0.460 e. The molecule has 200 valence electrons. The zero-order valence-corrected chi connectivity index (χ0v) is 23.2. The summed E-state index contributed by atoms with van der Waals surface area (Å²) in [6, 6.07) is 0. The molecule has 0 aromatic carbocycles. The molecule has 5 heteroatoms. The zero-order valence-electron chi connectivity index (χ0n) is 23.2. The second-order valence-corrected chi connectivity index (χ2v) is 14.1. The summed E-state index contributed by atoms with van der Waals surface area (Å²) in [6.07, 6.45) is 8.41. The summed E-state index contributed by atoms with van der Waals surface area (Å²) < 4.78 is 5.59. The SMILES string of the molecule is CC(=O)OC(C)(C)[C@@H](C)CC[C@@H](C)[C@H]1CCC2C3CC(=O)[C@@]4(O)C[C@@H](O)CC[C@]4(C)C3CC[C@@]21C. The van der Waals surface area contributed by atoms with Gasteiger partial charge in [0.05, 0.1) is 6.10 Å². The van der Waals surface area contributed by atoms with Crippen LogP contribution in [0.2, 0.25) is 0 Å². The van der Waals surface area contributed by atoms with Gasteiger partial charge in [0, 0.05) is 25.2 Å². The molecular formula is C30H50O5. The van der Waals surface area contributed by atoms with Gasteiger partial charge in [-0.25, -0.2) is 0 Å². The molecule has 35 heavy (non-hydrogen) atoms. The van der Waals surface area contributed by atoms with Gasteiger partial charge in [-0.2, -0.15) is 0 Å². The first-order chi connectivity index (χ1) is 16.2. The predicted octanol–water partition coefficient (Wildman–Crippen LogP) is 5.69. The van der Waals surface area contributed by atoms with E-state index in [-0.39, 0.29) is 23.6 Å². The Morgan fingerprint density at radius 1 is 1.09 bits per heavy atom. The molecule has 0 aromatic rings. The standard InChI is InChI=1S/C30H50O5/c1-18(8-9-19(2)27(4,5)35-20(3)31)23-10-11-24-22-16-26(33)30(34)17-21(32)12-15-29(30,7)25(22)13-14-28(23,24)6/h18-19,21-25,32,34H,8-17H2,1-7H3/t18-,19+,21+,22?,23-,24?,25?,28-,29-,30+/m1/s1.